The maximum Gasteiger partial charge on any atom is 0.306 e. The zero-order valence-corrected chi connectivity index (χ0v) is 47.4. The summed E-state index contributed by atoms with van der Waals surface area (Å²) in [6, 6.07) is 0. The summed E-state index contributed by atoms with van der Waals surface area (Å²) in [6.07, 6.45) is 83.6. The quantitative estimate of drug-likeness (QED) is 0.0261. The Bertz CT molecular complexity index is 1540. The number of carbonyl (C=O) groups excluding carboxylic acids is 3. The van der Waals surface area contributed by atoms with Crippen molar-refractivity contribution in [2.45, 2.75) is 271 Å². The van der Waals surface area contributed by atoms with Crippen molar-refractivity contribution in [3.63, 3.8) is 0 Å². The van der Waals surface area contributed by atoms with Crippen molar-refractivity contribution in [3.05, 3.63) is 122 Å². The van der Waals surface area contributed by atoms with Crippen molar-refractivity contribution < 1.29 is 28.6 Å². The molecule has 0 rings (SSSR count). The van der Waals surface area contributed by atoms with Crippen LogP contribution in [0.3, 0.4) is 0 Å². The van der Waals surface area contributed by atoms with E-state index < -0.39 is 12.1 Å². The van der Waals surface area contributed by atoms with Crippen LogP contribution in [-0.2, 0) is 28.6 Å². The minimum absolute atomic E-state index is 0.120. The van der Waals surface area contributed by atoms with Gasteiger partial charge in [-0.1, -0.05) is 251 Å². The van der Waals surface area contributed by atoms with Crippen LogP contribution in [0.1, 0.15) is 265 Å². The number of hydrogen-bond acceptors (Lipinski definition) is 6. The Hall–Kier alpha value is -4.19. The zero-order valence-electron chi connectivity index (χ0n) is 47.4. The first-order valence-corrected chi connectivity index (χ1v) is 30.0. The summed E-state index contributed by atoms with van der Waals surface area (Å²) in [5, 5.41) is 0. The smallest absolute Gasteiger partial charge is 0.306 e. The molecule has 0 aromatic carbocycles. The fraction of sp³-hybridized carbons (Fsp3) is 0.657. The molecule has 0 bridgehead atoms. The van der Waals surface area contributed by atoms with E-state index in [2.05, 4.69) is 130 Å². The molecular weight excluding hydrogens is 901 g/mol. The summed E-state index contributed by atoms with van der Waals surface area (Å²) in [5.41, 5.74) is 0. The monoisotopic (exact) mass is 1010 g/mol. The summed E-state index contributed by atoms with van der Waals surface area (Å²) in [7, 11) is 0. The number of unbranched alkanes of at least 4 members (excludes halogenated alkanes) is 22. The Morgan fingerprint density at radius 1 is 0.288 bits per heavy atom. The summed E-state index contributed by atoms with van der Waals surface area (Å²) in [6.45, 7) is 6.33. The van der Waals surface area contributed by atoms with Gasteiger partial charge >= 0.3 is 17.9 Å². The van der Waals surface area contributed by atoms with E-state index in [4.69, 9.17) is 14.2 Å². The van der Waals surface area contributed by atoms with Crippen molar-refractivity contribution in [3.8, 4) is 0 Å². The van der Waals surface area contributed by atoms with E-state index in [9.17, 15) is 14.4 Å². The lowest BCUT2D eigenvalue weighted by molar-refractivity contribution is -0.166. The molecule has 0 spiro atoms. The first-order valence-electron chi connectivity index (χ1n) is 30.0. The molecule has 0 aromatic heterocycles. The van der Waals surface area contributed by atoms with Crippen LogP contribution < -0.4 is 0 Å². The number of ether oxygens (including phenoxy) is 3. The molecule has 1 unspecified atom stereocenters. The molecule has 6 heteroatoms. The molecule has 414 valence electrons. The molecule has 0 radical (unpaired) electrons. The second kappa shape index (κ2) is 60.4. The Labute approximate surface area is 450 Å². The average Bonchev–Trinajstić information content (AvgIpc) is 3.39. The maximum absolute atomic E-state index is 12.8. The van der Waals surface area contributed by atoms with Gasteiger partial charge in [0.1, 0.15) is 13.2 Å². The molecule has 0 aliphatic rings. The molecule has 1 atom stereocenters. The summed E-state index contributed by atoms with van der Waals surface area (Å²) >= 11 is 0. The lowest BCUT2D eigenvalue weighted by Gasteiger charge is -2.18. The van der Waals surface area contributed by atoms with Crippen LogP contribution in [0.5, 0.6) is 0 Å². The predicted octanol–water partition coefficient (Wildman–Crippen LogP) is 20.4. The third-order valence-corrected chi connectivity index (χ3v) is 12.4. The molecule has 0 aliphatic heterocycles. The van der Waals surface area contributed by atoms with Crippen molar-refractivity contribution in [1.82, 2.24) is 0 Å². The van der Waals surface area contributed by atoms with Gasteiger partial charge in [-0.2, -0.15) is 0 Å². The fourth-order valence-electron chi connectivity index (χ4n) is 8.01. The topological polar surface area (TPSA) is 78.9 Å². The van der Waals surface area contributed by atoms with Crippen LogP contribution in [0.15, 0.2) is 122 Å². The van der Waals surface area contributed by atoms with Gasteiger partial charge in [0.2, 0.25) is 0 Å². The van der Waals surface area contributed by atoms with Crippen LogP contribution >= 0.6 is 0 Å². The van der Waals surface area contributed by atoms with E-state index in [0.29, 0.717) is 19.3 Å². The van der Waals surface area contributed by atoms with Crippen LogP contribution in [0.4, 0.5) is 0 Å². The van der Waals surface area contributed by atoms with Gasteiger partial charge in [-0.05, 0) is 116 Å². The van der Waals surface area contributed by atoms with Crippen LogP contribution in [0, 0.1) is 0 Å². The standard InChI is InChI=1S/C67H110O6/c1-4-7-10-13-16-19-22-25-27-29-31-32-33-34-36-37-39-42-45-48-51-54-57-60-66(69)72-63-64(62-71-65(68)59-56-53-50-47-44-41-24-21-18-15-12-9-6-3)73-67(70)61-58-55-52-49-46-43-40-38-35-30-28-26-23-20-17-14-11-8-5-2/h8-9,11-12,17-18,20-21,26,28-29,31,35,38,41,43-44,46,52,55,64H,4-7,10,13-16,19,22-25,27,30,32-34,36-37,39-40,42,45,47-51,53-54,56-63H2,1-3H3/b11-8-,12-9-,20-17-,21-18-,28-26-,31-29-,38-35-,44-41-,46-43-,55-52-. The minimum atomic E-state index is -0.835. The van der Waals surface area contributed by atoms with Gasteiger partial charge in [0.05, 0.1) is 0 Å². The predicted molar refractivity (Wildman–Crippen MR) is 316 cm³/mol. The molecule has 0 saturated carbocycles. The number of rotatable bonds is 53. The fourth-order valence-corrected chi connectivity index (χ4v) is 8.01. The van der Waals surface area contributed by atoms with E-state index in [1.807, 2.05) is 12.2 Å². The SMILES string of the molecule is CC/C=C\C/C=C\C/C=C\C/C=C\C/C=C\C/C=C\CCC(=O)OC(COC(=O)CCCCC/C=C\C/C=C\C/C=C\CC)COC(=O)CCCCCCCCCCCCC/C=C\CCCCCCCCCC. The Morgan fingerprint density at radius 2 is 0.562 bits per heavy atom. The van der Waals surface area contributed by atoms with Gasteiger partial charge in [-0.3, -0.25) is 14.4 Å². The highest BCUT2D eigenvalue weighted by Crippen LogP contribution is 2.15. The Balaban J connectivity index is 4.45. The molecule has 0 fully saturated rings. The Kier molecular flexibility index (Phi) is 56.9. The maximum atomic E-state index is 12.8. The molecule has 0 aliphatic carbocycles. The second-order valence-electron chi connectivity index (χ2n) is 19.5. The molecule has 6 nitrogen and oxygen atoms in total. The molecule has 0 amide bonds. The van der Waals surface area contributed by atoms with Gasteiger partial charge in [0.25, 0.3) is 0 Å². The van der Waals surface area contributed by atoms with Crippen LogP contribution in [0.2, 0.25) is 0 Å². The van der Waals surface area contributed by atoms with E-state index in [-0.39, 0.29) is 31.6 Å². The van der Waals surface area contributed by atoms with Crippen LogP contribution in [-0.4, -0.2) is 37.2 Å². The number of allylic oxidation sites excluding steroid dienone is 20. The van der Waals surface area contributed by atoms with Gasteiger partial charge in [0.15, 0.2) is 6.10 Å². The molecule has 0 N–H and O–H groups in total. The van der Waals surface area contributed by atoms with E-state index in [1.54, 1.807) is 0 Å². The minimum Gasteiger partial charge on any atom is -0.462 e. The highest BCUT2D eigenvalue weighted by atomic mass is 16.6. The largest absolute Gasteiger partial charge is 0.462 e. The number of esters is 3. The summed E-state index contributed by atoms with van der Waals surface area (Å²) in [4.78, 5) is 38.2. The van der Waals surface area contributed by atoms with Gasteiger partial charge in [0, 0.05) is 19.3 Å². The molecule has 0 saturated heterocycles. The lowest BCUT2D eigenvalue weighted by atomic mass is 10.0. The lowest BCUT2D eigenvalue weighted by Crippen LogP contribution is -2.30. The third-order valence-electron chi connectivity index (χ3n) is 12.4. The van der Waals surface area contributed by atoms with Crippen molar-refractivity contribution >= 4 is 17.9 Å². The number of carbonyl (C=O) groups is 3. The first kappa shape index (κ1) is 68.8. The molecular formula is C67H110O6. The molecule has 0 heterocycles. The normalized spacial score (nSPS) is 13.0. The van der Waals surface area contributed by atoms with E-state index >= 15 is 0 Å². The third kappa shape index (κ3) is 58.6. The van der Waals surface area contributed by atoms with Crippen molar-refractivity contribution in [2.75, 3.05) is 13.2 Å². The molecule has 0 aromatic rings. The Morgan fingerprint density at radius 3 is 0.918 bits per heavy atom. The van der Waals surface area contributed by atoms with Crippen molar-refractivity contribution in [1.29, 1.82) is 0 Å². The summed E-state index contributed by atoms with van der Waals surface area (Å²) < 4.78 is 16.8. The zero-order chi connectivity index (χ0) is 52.9. The van der Waals surface area contributed by atoms with Gasteiger partial charge in [-0.25, -0.2) is 0 Å². The summed E-state index contributed by atoms with van der Waals surface area (Å²) in [5.74, 6) is -1.04. The van der Waals surface area contributed by atoms with Gasteiger partial charge < -0.3 is 14.2 Å². The highest BCUT2D eigenvalue weighted by Gasteiger charge is 2.19. The highest BCUT2D eigenvalue weighted by molar-refractivity contribution is 5.71. The average molecular weight is 1010 g/mol. The number of hydrogen-bond donors (Lipinski definition) is 0. The molecule has 73 heavy (non-hydrogen) atoms. The van der Waals surface area contributed by atoms with Crippen molar-refractivity contribution in [2.24, 2.45) is 0 Å². The van der Waals surface area contributed by atoms with E-state index in [0.717, 1.165) is 103 Å². The van der Waals surface area contributed by atoms with Crippen LogP contribution in [0.25, 0.3) is 0 Å². The second-order valence-corrected chi connectivity index (χ2v) is 19.5. The van der Waals surface area contributed by atoms with E-state index in [1.165, 1.54) is 116 Å². The van der Waals surface area contributed by atoms with Gasteiger partial charge in [-0.15, -0.1) is 0 Å². The first-order chi connectivity index (χ1) is 36.0.